The molecule has 0 aliphatic heterocycles. The highest BCUT2D eigenvalue weighted by Gasteiger charge is 2.14. The van der Waals surface area contributed by atoms with Crippen molar-refractivity contribution in [3.8, 4) is 11.9 Å². The molecule has 0 radical (unpaired) electrons. The van der Waals surface area contributed by atoms with Gasteiger partial charge in [0.2, 0.25) is 0 Å². The molecule has 0 amide bonds. The summed E-state index contributed by atoms with van der Waals surface area (Å²) in [5, 5.41) is 18.1. The fourth-order valence-corrected chi connectivity index (χ4v) is 3.00. The number of hydrogen-bond donors (Lipinski definition) is 0. The van der Waals surface area contributed by atoms with Gasteiger partial charge in [-0.25, -0.2) is 0 Å². The Kier molecular flexibility index (Phi) is 2.46. The molecule has 6 heteroatoms. The summed E-state index contributed by atoms with van der Waals surface area (Å²) in [6.45, 7) is 0. The van der Waals surface area contributed by atoms with Crippen molar-refractivity contribution in [2.24, 2.45) is 0 Å². The molecule has 110 valence electrons. The van der Waals surface area contributed by atoms with Crippen molar-refractivity contribution in [2.45, 2.75) is 6.42 Å². The predicted molar refractivity (Wildman–Crippen MR) is 86.5 cm³/mol. The third kappa shape index (κ3) is 1.81. The maximum Gasteiger partial charge on any atom is 0.273 e. The molecular weight excluding hydrogens is 288 g/mol. The molecule has 1 aromatic carbocycles. The van der Waals surface area contributed by atoms with Crippen LogP contribution in [0.1, 0.15) is 11.3 Å². The first-order valence-electron chi connectivity index (χ1n) is 7.41. The molecule has 23 heavy (non-hydrogen) atoms. The van der Waals surface area contributed by atoms with Crippen LogP contribution in [0.3, 0.4) is 0 Å². The number of fused-ring (bicyclic) bond motifs is 2. The van der Waals surface area contributed by atoms with Crippen molar-refractivity contribution in [3.63, 3.8) is 0 Å². The lowest BCUT2D eigenvalue weighted by molar-refractivity contribution is 0.737. The largest absolute Gasteiger partial charge is 0.286 e. The minimum atomic E-state index is 0.469. The highest BCUT2D eigenvalue weighted by atomic mass is 15.4. The van der Waals surface area contributed by atoms with Gasteiger partial charge in [0.05, 0.1) is 5.52 Å². The summed E-state index contributed by atoms with van der Waals surface area (Å²) >= 11 is 0. The molecule has 0 N–H and O–H groups in total. The molecule has 0 saturated heterocycles. The normalized spacial score (nSPS) is 12.9. The number of nitrogens with zero attached hydrogens (tertiary/aromatic N) is 6. The second-order valence-electron chi connectivity index (χ2n) is 5.44. The van der Waals surface area contributed by atoms with Crippen molar-refractivity contribution >= 4 is 17.0 Å². The molecule has 6 nitrogen and oxygen atoms in total. The summed E-state index contributed by atoms with van der Waals surface area (Å²) in [5.41, 5.74) is 3.41. The second-order valence-corrected chi connectivity index (χ2v) is 5.44. The van der Waals surface area contributed by atoms with Crippen LogP contribution in [-0.4, -0.2) is 29.5 Å². The van der Waals surface area contributed by atoms with Gasteiger partial charge in [0.1, 0.15) is 0 Å². The number of allylic oxidation sites excluding steroid dienone is 1. The van der Waals surface area contributed by atoms with Gasteiger partial charge in [0.25, 0.3) is 11.9 Å². The molecule has 3 aromatic heterocycles. The number of aromatic nitrogens is 6. The molecule has 1 aliphatic carbocycles. The summed E-state index contributed by atoms with van der Waals surface area (Å²) < 4.78 is 3.83. The zero-order valence-electron chi connectivity index (χ0n) is 12.2. The van der Waals surface area contributed by atoms with Crippen LogP contribution in [0.25, 0.3) is 28.9 Å². The van der Waals surface area contributed by atoms with E-state index >= 15 is 0 Å². The molecule has 5 rings (SSSR count). The van der Waals surface area contributed by atoms with Crippen LogP contribution in [0.2, 0.25) is 0 Å². The van der Waals surface area contributed by atoms with Crippen LogP contribution in [0.5, 0.6) is 0 Å². The molecule has 3 heterocycles. The number of hydrogen-bond acceptors (Lipinski definition) is 4. The van der Waals surface area contributed by atoms with Gasteiger partial charge in [-0.15, -0.1) is 20.4 Å². The lowest BCUT2D eigenvalue weighted by Gasteiger charge is -2.05. The minimum Gasteiger partial charge on any atom is -0.286 e. The number of benzene rings is 1. The van der Waals surface area contributed by atoms with E-state index in [0.717, 1.165) is 17.3 Å². The van der Waals surface area contributed by atoms with Crippen molar-refractivity contribution in [1.29, 1.82) is 0 Å². The third-order valence-electron chi connectivity index (χ3n) is 4.12. The molecule has 4 aromatic rings. The fraction of sp³-hybridized carbons (Fsp3) is 0.0588. The summed E-state index contributed by atoms with van der Waals surface area (Å²) in [6.07, 6.45) is 9.00. The maximum absolute atomic E-state index is 4.25. The number of para-hydroxylation sites is 1. The van der Waals surface area contributed by atoms with E-state index in [0.29, 0.717) is 11.9 Å². The van der Waals surface area contributed by atoms with E-state index in [4.69, 9.17) is 0 Å². The van der Waals surface area contributed by atoms with E-state index in [9.17, 15) is 0 Å². The third-order valence-corrected chi connectivity index (χ3v) is 4.12. The van der Waals surface area contributed by atoms with E-state index in [1.165, 1.54) is 11.3 Å². The Labute approximate surface area is 131 Å². The summed E-state index contributed by atoms with van der Waals surface area (Å²) in [7, 11) is 0. The molecule has 0 spiro atoms. The second kappa shape index (κ2) is 4.61. The summed E-state index contributed by atoms with van der Waals surface area (Å²) in [5.74, 6) is 0.965. The predicted octanol–water partition coefficient (Wildman–Crippen LogP) is 2.57. The van der Waals surface area contributed by atoms with Crippen molar-refractivity contribution in [1.82, 2.24) is 29.5 Å². The topological polar surface area (TPSA) is 61.4 Å². The first-order valence-corrected chi connectivity index (χ1v) is 7.41. The maximum atomic E-state index is 4.25. The van der Waals surface area contributed by atoms with Crippen LogP contribution in [0.15, 0.2) is 54.9 Å². The quantitative estimate of drug-likeness (QED) is 0.571. The number of rotatable bonds is 2. The lowest BCUT2D eigenvalue weighted by atomic mass is 10.2. The molecule has 0 unspecified atom stereocenters. The highest BCUT2D eigenvalue weighted by Crippen LogP contribution is 2.22. The van der Waals surface area contributed by atoms with E-state index < -0.39 is 0 Å². The van der Waals surface area contributed by atoms with Crippen molar-refractivity contribution in [3.05, 3.63) is 66.1 Å². The standard InChI is InChI=1S/C17H12N6/c1-2-6-14-12(4-1)8-10-22(14)16-18-20-17(21-19-16)23-11-9-13-5-3-7-15(13)23/h1-6,8-11H,7H2. The Morgan fingerprint density at radius 1 is 0.783 bits per heavy atom. The average Bonchev–Trinajstić information content (AvgIpc) is 3.30. The Bertz CT molecular complexity index is 1040. The van der Waals surface area contributed by atoms with Gasteiger partial charge in [-0.2, -0.15) is 0 Å². The first kappa shape index (κ1) is 12.3. The van der Waals surface area contributed by atoms with Crippen LogP contribution >= 0.6 is 0 Å². The van der Waals surface area contributed by atoms with E-state index in [-0.39, 0.29) is 0 Å². The SMILES string of the molecule is C1=Cc2ccn(-c3nnc(-n4ccc5ccccc54)nn3)c2C1. The molecule has 0 atom stereocenters. The van der Waals surface area contributed by atoms with E-state index in [2.05, 4.69) is 44.7 Å². The van der Waals surface area contributed by atoms with E-state index in [1.807, 2.05) is 45.8 Å². The minimum absolute atomic E-state index is 0.469. The van der Waals surface area contributed by atoms with Gasteiger partial charge in [0.15, 0.2) is 0 Å². The zero-order chi connectivity index (χ0) is 15.2. The molecule has 0 fully saturated rings. The Morgan fingerprint density at radius 2 is 1.52 bits per heavy atom. The summed E-state index contributed by atoms with van der Waals surface area (Å²) in [4.78, 5) is 0. The molecular formula is C17H12N6. The van der Waals surface area contributed by atoms with Crippen molar-refractivity contribution < 1.29 is 0 Å². The van der Waals surface area contributed by atoms with Crippen molar-refractivity contribution in [2.75, 3.05) is 0 Å². The van der Waals surface area contributed by atoms with Gasteiger partial charge < -0.3 is 0 Å². The lowest BCUT2D eigenvalue weighted by Crippen LogP contribution is -2.10. The Morgan fingerprint density at radius 3 is 2.39 bits per heavy atom. The first-order chi connectivity index (χ1) is 11.4. The average molecular weight is 300 g/mol. The van der Waals surface area contributed by atoms with Crippen LogP contribution in [-0.2, 0) is 6.42 Å². The van der Waals surface area contributed by atoms with Crippen LogP contribution in [0, 0.1) is 0 Å². The van der Waals surface area contributed by atoms with Gasteiger partial charge in [-0.3, -0.25) is 9.13 Å². The van der Waals surface area contributed by atoms with Crippen LogP contribution in [0.4, 0.5) is 0 Å². The van der Waals surface area contributed by atoms with Gasteiger partial charge in [-0.05, 0) is 23.8 Å². The smallest absolute Gasteiger partial charge is 0.273 e. The monoisotopic (exact) mass is 300 g/mol. The van der Waals surface area contributed by atoms with Gasteiger partial charge in [-0.1, -0.05) is 30.4 Å². The molecule has 0 bridgehead atoms. The van der Waals surface area contributed by atoms with Gasteiger partial charge >= 0.3 is 0 Å². The zero-order valence-corrected chi connectivity index (χ0v) is 12.2. The summed E-state index contributed by atoms with van der Waals surface area (Å²) in [6, 6.07) is 12.2. The van der Waals surface area contributed by atoms with Gasteiger partial charge in [0, 0.05) is 29.9 Å². The Hall–Kier alpha value is -3.28. The molecule has 1 aliphatic rings. The van der Waals surface area contributed by atoms with Crippen LogP contribution < -0.4 is 0 Å². The Balaban J connectivity index is 1.57. The highest BCUT2D eigenvalue weighted by molar-refractivity contribution is 5.81. The molecule has 0 saturated carbocycles. The van der Waals surface area contributed by atoms with E-state index in [1.54, 1.807) is 0 Å². The fourth-order valence-electron chi connectivity index (χ4n) is 3.00.